The Balaban J connectivity index is 1.44. The third-order valence-electron chi connectivity index (χ3n) is 7.08. The molecule has 9 nitrogen and oxygen atoms in total. The van der Waals surface area contributed by atoms with Crippen LogP contribution in [-0.2, 0) is 4.74 Å². The van der Waals surface area contributed by atoms with E-state index in [4.69, 9.17) is 23.9 Å². The zero-order valence-corrected chi connectivity index (χ0v) is 20.2. The molecule has 3 heterocycles. The topological polar surface area (TPSA) is 89.2 Å². The number of methoxy groups -OCH3 is 4. The van der Waals surface area contributed by atoms with Crippen LogP contribution in [0, 0.1) is 5.92 Å². The largest absolute Gasteiger partial charge is 0.493 e. The number of aromatic amines is 1. The maximum Gasteiger partial charge on any atom is 0.264 e. The molecule has 2 fully saturated rings. The summed E-state index contributed by atoms with van der Waals surface area (Å²) in [7, 11) is 6.38. The van der Waals surface area contributed by atoms with Gasteiger partial charge in [-0.15, -0.1) is 0 Å². The average Bonchev–Trinajstić information content (AvgIpc) is 3.28. The van der Waals surface area contributed by atoms with E-state index in [1.165, 1.54) is 40.0 Å². The van der Waals surface area contributed by atoms with Crippen LogP contribution in [0.25, 0.3) is 10.9 Å². The SMILES string of the molecule is COC[C@@H]1CCCN1CCC1CCN(c2nc3cc(OC)c(OC)c(OC)c3c(=O)[nH]2)CC1. The fraction of sp³-hybridized carbons (Fsp3) is 0.667. The maximum atomic E-state index is 13.0. The van der Waals surface area contributed by atoms with Crippen molar-refractivity contribution in [3.8, 4) is 17.2 Å². The molecule has 9 heteroatoms. The van der Waals surface area contributed by atoms with Crippen molar-refractivity contribution in [2.75, 3.05) is 66.1 Å². The Bertz CT molecular complexity index is 1000. The monoisotopic (exact) mass is 460 g/mol. The van der Waals surface area contributed by atoms with E-state index in [9.17, 15) is 4.79 Å². The Labute approximate surface area is 195 Å². The number of hydrogen-bond acceptors (Lipinski definition) is 8. The standard InChI is InChI=1S/C24H36N4O5/c1-30-15-17-6-5-10-27(17)11-7-16-8-12-28(13-9-16)24-25-18-14-19(31-2)21(32-3)22(33-4)20(18)23(29)26-24/h14,16-17H,5-13,15H2,1-4H3,(H,25,26,29)/t17-/m0/s1. The molecule has 1 aromatic carbocycles. The van der Waals surface area contributed by atoms with Gasteiger partial charge in [-0.2, -0.15) is 0 Å². The molecule has 0 aliphatic carbocycles. The second-order valence-corrected chi connectivity index (χ2v) is 8.94. The lowest BCUT2D eigenvalue weighted by Gasteiger charge is -2.33. The Kier molecular flexibility index (Phi) is 7.60. The fourth-order valence-electron chi connectivity index (χ4n) is 5.26. The molecular formula is C24H36N4O5. The first-order chi connectivity index (χ1) is 16.1. The maximum absolute atomic E-state index is 13.0. The highest BCUT2D eigenvalue weighted by atomic mass is 16.5. The number of fused-ring (bicyclic) bond motifs is 1. The second kappa shape index (κ2) is 10.6. The molecular weight excluding hydrogens is 424 g/mol. The molecule has 0 bridgehead atoms. The molecule has 2 aliphatic rings. The van der Waals surface area contributed by atoms with E-state index >= 15 is 0 Å². The minimum atomic E-state index is -0.242. The summed E-state index contributed by atoms with van der Waals surface area (Å²) in [6.07, 6.45) is 5.92. The lowest BCUT2D eigenvalue weighted by Crippen LogP contribution is -2.38. The van der Waals surface area contributed by atoms with Crippen molar-refractivity contribution in [2.24, 2.45) is 5.92 Å². The summed E-state index contributed by atoms with van der Waals surface area (Å²) < 4.78 is 21.7. The van der Waals surface area contributed by atoms with E-state index in [0.29, 0.717) is 46.1 Å². The number of H-pyrrole nitrogens is 1. The number of rotatable bonds is 9. The Morgan fingerprint density at radius 1 is 1.03 bits per heavy atom. The molecule has 0 saturated carbocycles. The summed E-state index contributed by atoms with van der Waals surface area (Å²) in [5.74, 6) is 2.50. The third-order valence-corrected chi connectivity index (χ3v) is 7.08. The number of ether oxygens (including phenoxy) is 4. The van der Waals surface area contributed by atoms with Crippen molar-refractivity contribution in [3.63, 3.8) is 0 Å². The van der Waals surface area contributed by atoms with E-state index < -0.39 is 0 Å². The van der Waals surface area contributed by atoms with E-state index in [1.807, 2.05) is 0 Å². The van der Waals surface area contributed by atoms with Gasteiger partial charge in [-0.3, -0.25) is 14.7 Å². The smallest absolute Gasteiger partial charge is 0.264 e. The molecule has 33 heavy (non-hydrogen) atoms. The highest BCUT2D eigenvalue weighted by Gasteiger charge is 2.27. The first kappa shape index (κ1) is 23.6. The van der Waals surface area contributed by atoms with Gasteiger partial charge >= 0.3 is 0 Å². The Morgan fingerprint density at radius 3 is 2.45 bits per heavy atom. The van der Waals surface area contributed by atoms with Crippen LogP contribution in [0.2, 0.25) is 0 Å². The van der Waals surface area contributed by atoms with Gasteiger partial charge in [0.1, 0.15) is 5.39 Å². The lowest BCUT2D eigenvalue weighted by molar-refractivity contribution is 0.110. The number of anilines is 1. The number of hydrogen-bond donors (Lipinski definition) is 1. The van der Waals surface area contributed by atoms with Crippen LogP contribution in [-0.4, -0.2) is 82.1 Å². The van der Waals surface area contributed by atoms with Crippen molar-refractivity contribution in [2.45, 2.75) is 38.1 Å². The summed E-state index contributed by atoms with van der Waals surface area (Å²) in [5.41, 5.74) is 0.289. The van der Waals surface area contributed by atoms with Gasteiger partial charge in [-0.25, -0.2) is 4.98 Å². The molecule has 0 amide bonds. The van der Waals surface area contributed by atoms with Crippen molar-refractivity contribution in [1.29, 1.82) is 0 Å². The summed E-state index contributed by atoms with van der Waals surface area (Å²) in [6, 6.07) is 2.31. The van der Waals surface area contributed by atoms with Crippen LogP contribution in [0.4, 0.5) is 5.95 Å². The predicted molar refractivity (Wildman–Crippen MR) is 128 cm³/mol. The van der Waals surface area contributed by atoms with Gasteiger partial charge in [-0.05, 0) is 51.1 Å². The van der Waals surface area contributed by atoms with E-state index in [0.717, 1.165) is 39.1 Å². The molecule has 1 N–H and O–H groups in total. The molecule has 4 rings (SSSR count). The molecule has 0 spiro atoms. The first-order valence-electron chi connectivity index (χ1n) is 11.8. The number of piperidine rings is 1. The van der Waals surface area contributed by atoms with Gasteiger partial charge in [-0.1, -0.05) is 0 Å². The molecule has 0 unspecified atom stereocenters. The zero-order valence-electron chi connectivity index (χ0n) is 20.2. The van der Waals surface area contributed by atoms with E-state index in [-0.39, 0.29) is 5.56 Å². The van der Waals surface area contributed by atoms with E-state index in [1.54, 1.807) is 20.3 Å². The van der Waals surface area contributed by atoms with Crippen LogP contribution in [0.3, 0.4) is 0 Å². The quantitative estimate of drug-likeness (QED) is 0.611. The van der Waals surface area contributed by atoms with Gasteiger partial charge in [0.2, 0.25) is 11.7 Å². The second-order valence-electron chi connectivity index (χ2n) is 8.94. The van der Waals surface area contributed by atoms with E-state index in [2.05, 4.69) is 14.8 Å². The Hall–Kier alpha value is -2.52. The van der Waals surface area contributed by atoms with Crippen LogP contribution in [0.1, 0.15) is 32.1 Å². The van der Waals surface area contributed by atoms with Crippen LogP contribution >= 0.6 is 0 Å². The average molecular weight is 461 g/mol. The highest BCUT2D eigenvalue weighted by Crippen LogP contribution is 2.41. The number of likely N-dealkylation sites (tertiary alicyclic amines) is 1. The van der Waals surface area contributed by atoms with Gasteiger partial charge in [0.25, 0.3) is 5.56 Å². The van der Waals surface area contributed by atoms with Crippen molar-refractivity contribution in [3.05, 3.63) is 16.4 Å². The Morgan fingerprint density at radius 2 is 1.79 bits per heavy atom. The molecule has 2 aliphatic heterocycles. The molecule has 1 aromatic heterocycles. The normalized spacial score (nSPS) is 19.9. The molecule has 0 radical (unpaired) electrons. The summed E-state index contributed by atoms with van der Waals surface area (Å²) >= 11 is 0. The van der Waals surface area contributed by atoms with Crippen molar-refractivity contribution in [1.82, 2.24) is 14.9 Å². The summed E-state index contributed by atoms with van der Waals surface area (Å²) in [6.45, 7) is 4.93. The van der Waals surface area contributed by atoms with Gasteiger partial charge < -0.3 is 23.8 Å². The summed E-state index contributed by atoms with van der Waals surface area (Å²) in [5, 5.41) is 0.366. The van der Waals surface area contributed by atoms with Gasteiger partial charge in [0, 0.05) is 32.3 Å². The minimum Gasteiger partial charge on any atom is -0.493 e. The van der Waals surface area contributed by atoms with Crippen LogP contribution < -0.4 is 24.7 Å². The van der Waals surface area contributed by atoms with Crippen LogP contribution in [0.5, 0.6) is 17.2 Å². The third kappa shape index (κ3) is 4.89. The fourth-order valence-corrected chi connectivity index (χ4v) is 5.26. The molecule has 1 atom stereocenters. The number of benzene rings is 1. The van der Waals surface area contributed by atoms with Crippen LogP contribution in [0.15, 0.2) is 10.9 Å². The number of nitrogens with zero attached hydrogens (tertiary/aromatic N) is 3. The first-order valence-corrected chi connectivity index (χ1v) is 11.8. The van der Waals surface area contributed by atoms with Gasteiger partial charge in [0.15, 0.2) is 11.5 Å². The molecule has 2 aromatic rings. The molecule has 2 saturated heterocycles. The zero-order chi connectivity index (χ0) is 23.4. The number of aromatic nitrogens is 2. The highest BCUT2D eigenvalue weighted by molar-refractivity contribution is 5.90. The van der Waals surface area contributed by atoms with Gasteiger partial charge in [0.05, 0.1) is 33.5 Å². The summed E-state index contributed by atoms with van der Waals surface area (Å²) in [4.78, 5) is 25.4. The van der Waals surface area contributed by atoms with Crippen molar-refractivity contribution < 1.29 is 18.9 Å². The lowest BCUT2D eigenvalue weighted by atomic mass is 9.93. The predicted octanol–water partition coefficient (Wildman–Crippen LogP) is 2.67. The minimum absolute atomic E-state index is 0.242. The number of nitrogens with one attached hydrogen (secondary N) is 1. The van der Waals surface area contributed by atoms with Crippen molar-refractivity contribution >= 4 is 16.9 Å². The molecule has 182 valence electrons.